The Kier molecular flexibility index (Phi) is 4.77. The van der Waals surface area contributed by atoms with E-state index >= 15 is 0 Å². The van der Waals surface area contributed by atoms with Crippen LogP contribution in [0.4, 0.5) is 0 Å². The fraction of sp³-hybridized carbons (Fsp3) is 0.500. The Balaban J connectivity index is 1.92. The topological polar surface area (TPSA) is 58.2 Å². The van der Waals surface area contributed by atoms with E-state index in [2.05, 4.69) is 24.5 Å². The molecular weight excluding hydrogens is 252 g/mol. The first-order valence-electron chi connectivity index (χ1n) is 7.21. The van der Waals surface area contributed by atoms with E-state index in [4.69, 9.17) is 0 Å². The maximum Gasteiger partial charge on any atom is 0.251 e. The molecule has 0 aliphatic heterocycles. The van der Waals surface area contributed by atoms with Crippen LogP contribution in [0.25, 0.3) is 0 Å². The van der Waals surface area contributed by atoms with E-state index in [1.165, 1.54) is 0 Å². The van der Waals surface area contributed by atoms with Gasteiger partial charge in [0.05, 0.1) is 6.54 Å². The molecule has 1 aliphatic carbocycles. The number of hydrogen-bond donors (Lipinski definition) is 2. The summed E-state index contributed by atoms with van der Waals surface area (Å²) >= 11 is 0. The van der Waals surface area contributed by atoms with Gasteiger partial charge >= 0.3 is 0 Å². The summed E-state index contributed by atoms with van der Waals surface area (Å²) in [5.41, 5.74) is 1.70. The molecule has 1 saturated carbocycles. The highest BCUT2D eigenvalue weighted by atomic mass is 16.2. The Labute approximate surface area is 119 Å². The highest BCUT2D eigenvalue weighted by Gasteiger charge is 2.23. The molecule has 0 atom stereocenters. The van der Waals surface area contributed by atoms with Crippen molar-refractivity contribution in [3.05, 3.63) is 35.4 Å². The summed E-state index contributed by atoms with van der Waals surface area (Å²) in [4.78, 5) is 23.7. The second kappa shape index (κ2) is 6.55. The van der Waals surface area contributed by atoms with Crippen LogP contribution in [0.5, 0.6) is 0 Å². The lowest BCUT2D eigenvalue weighted by atomic mass is 9.97. The summed E-state index contributed by atoms with van der Waals surface area (Å²) in [7, 11) is 0. The summed E-state index contributed by atoms with van der Waals surface area (Å²) in [6.45, 7) is 4.29. The molecule has 4 heteroatoms. The minimum Gasteiger partial charge on any atom is -0.352 e. The fourth-order valence-electron chi connectivity index (χ4n) is 2.12. The van der Waals surface area contributed by atoms with Crippen molar-refractivity contribution in [2.45, 2.75) is 39.2 Å². The van der Waals surface area contributed by atoms with E-state index in [1.807, 2.05) is 24.3 Å². The van der Waals surface area contributed by atoms with Crippen LogP contribution in [0.1, 0.15) is 42.6 Å². The molecule has 0 unspecified atom stereocenters. The van der Waals surface area contributed by atoms with Crippen LogP contribution < -0.4 is 10.6 Å². The molecule has 0 aromatic heterocycles. The van der Waals surface area contributed by atoms with Gasteiger partial charge in [0.15, 0.2) is 0 Å². The van der Waals surface area contributed by atoms with E-state index in [0.717, 1.165) is 24.8 Å². The highest BCUT2D eigenvalue weighted by Crippen LogP contribution is 2.18. The molecular formula is C16H22N2O2. The number of amides is 2. The van der Waals surface area contributed by atoms with Crippen molar-refractivity contribution in [1.82, 2.24) is 10.6 Å². The van der Waals surface area contributed by atoms with Gasteiger partial charge in [0.25, 0.3) is 5.91 Å². The third-order valence-corrected chi connectivity index (χ3v) is 3.24. The quantitative estimate of drug-likeness (QED) is 0.832. The molecule has 0 saturated heterocycles. The van der Waals surface area contributed by atoms with Gasteiger partial charge in [0.1, 0.15) is 0 Å². The van der Waals surface area contributed by atoms with Crippen LogP contribution in [0, 0.1) is 5.92 Å². The Morgan fingerprint density at radius 3 is 2.60 bits per heavy atom. The first-order valence-corrected chi connectivity index (χ1v) is 7.21. The SMILES string of the molecule is CC(C)Cc1ccccc1C(=O)NCC(=O)NC1CC1. The molecule has 20 heavy (non-hydrogen) atoms. The fourth-order valence-corrected chi connectivity index (χ4v) is 2.12. The number of hydrogen-bond acceptors (Lipinski definition) is 2. The van der Waals surface area contributed by atoms with Crippen molar-refractivity contribution < 1.29 is 9.59 Å². The Bertz CT molecular complexity index is 493. The summed E-state index contributed by atoms with van der Waals surface area (Å²) in [6.07, 6.45) is 2.96. The van der Waals surface area contributed by atoms with Gasteiger partial charge in [-0.1, -0.05) is 32.0 Å². The minimum atomic E-state index is -0.174. The molecule has 0 radical (unpaired) electrons. The zero-order valence-corrected chi connectivity index (χ0v) is 12.1. The molecule has 0 spiro atoms. The van der Waals surface area contributed by atoms with E-state index in [9.17, 15) is 9.59 Å². The van der Waals surface area contributed by atoms with Crippen LogP contribution in [-0.2, 0) is 11.2 Å². The average molecular weight is 274 g/mol. The lowest BCUT2D eigenvalue weighted by molar-refractivity contribution is -0.120. The van der Waals surface area contributed by atoms with Gasteiger partial charge in [-0.05, 0) is 36.8 Å². The molecule has 1 aliphatic rings. The smallest absolute Gasteiger partial charge is 0.251 e. The van der Waals surface area contributed by atoms with Crippen LogP contribution >= 0.6 is 0 Å². The molecule has 0 bridgehead atoms. The van der Waals surface area contributed by atoms with Gasteiger partial charge in [-0.15, -0.1) is 0 Å². The molecule has 4 nitrogen and oxygen atoms in total. The molecule has 0 heterocycles. The van der Waals surface area contributed by atoms with Gasteiger partial charge in [-0.2, -0.15) is 0 Å². The van der Waals surface area contributed by atoms with Crippen LogP contribution in [0.15, 0.2) is 24.3 Å². The standard InChI is InChI=1S/C16H22N2O2/c1-11(2)9-12-5-3-4-6-14(12)16(20)17-10-15(19)18-13-7-8-13/h3-6,11,13H,7-10H2,1-2H3,(H,17,20)(H,18,19). The Morgan fingerprint density at radius 1 is 1.25 bits per heavy atom. The van der Waals surface area contributed by atoms with Crippen molar-refractivity contribution in [1.29, 1.82) is 0 Å². The van der Waals surface area contributed by atoms with Gasteiger partial charge in [0.2, 0.25) is 5.91 Å². The summed E-state index contributed by atoms with van der Waals surface area (Å²) in [5, 5.41) is 5.55. The van der Waals surface area contributed by atoms with E-state index in [0.29, 0.717) is 17.5 Å². The second-order valence-electron chi connectivity index (χ2n) is 5.78. The second-order valence-corrected chi connectivity index (χ2v) is 5.78. The number of benzene rings is 1. The van der Waals surface area contributed by atoms with Crippen LogP contribution in [0.3, 0.4) is 0 Å². The van der Waals surface area contributed by atoms with Crippen molar-refractivity contribution >= 4 is 11.8 Å². The molecule has 2 amide bonds. The predicted octanol–water partition coefficient (Wildman–Crippen LogP) is 1.89. The molecule has 108 valence electrons. The lowest BCUT2D eigenvalue weighted by Gasteiger charge is -2.11. The lowest BCUT2D eigenvalue weighted by Crippen LogP contribution is -2.38. The normalized spacial score (nSPS) is 14.2. The number of nitrogens with one attached hydrogen (secondary N) is 2. The van der Waals surface area contributed by atoms with Crippen LogP contribution in [0.2, 0.25) is 0 Å². The van der Waals surface area contributed by atoms with E-state index in [-0.39, 0.29) is 18.4 Å². The predicted molar refractivity (Wildman–Crippen MR) is 78.5 cm³/mol. The van der Waals surface area contributed by atoms with Crippen molar-refractivity contribution in [2.24, 2.45) is 5.92 Å². The molecule has 1 aromatic rings. The van der Waals surface area contributed by atoms with E-state index < -0.39 is 0 Å². The van der Waals surface area contributed by atoms with Crippen molar-refractivity contribution in [2.75, 3.05) is 6.54 Å². The summed E-state index contributed by atoms with van der Waals surface area (Å²) in [6, 6.07) is 7.90. The zero-order chi connectivity index (χ0) is 14.5. The van der Waals surface area contributed by atoms with Crippen molar-refractivity contribution in [3.8, 4) is 0 Å². The third kappa shape index (κ3) is 4.37. The third-order valence-electron chi connectivity index (χ3n) is 3.24. The monoisotopic (exact) mass is 274 g/mol. The number of carbonyl (C=O) groups excluding carboxylic acids is 2. The number of carbonyl (C=O) groups is 2. The zero-order valence-electron chi connectivity index (χ0n) is 12.1. The highest BCUT2D eigenvalue weighted by molar-refractivity contribution is 5.97. The largest absolute Gasteiger partial charge is 0.352 e. The summed E-state index contributed by atoms with van der Waals surface area (Å²) in [5.74, 6) is 0.205. The molecule has 2 N–H and O–H groups in total. The summed E-state index contributed by atoms with van der Waals surface area (Å²) < 4.78 is 0. The Morgan fingerprint density at radius 2 is 1.95 bits per heavy atom. The minimum absolute atomic E-state index is 0.0470. The molecule has 1 aromatic carbocycles. The average Bonchev–Trinajstić information content (AvgIpc) is 3.20. The van der Waals surface area contributed by atoms with Gasteiger partial charge < -0.3 is 10.6 Å². The maximum absolute atomic E-state index is 12.2. The Hall–Kier alpha value is -1.84. The van der Waals surface area contributed by atoms with Gasteiger partial charge in [0, 0.05) is 11.6 Å². The molecule has 1 fully saturated rings. The van der Waals surface area contributed by atoms with E-state index in [1.54, 1.807) is 0 Å². The first kappa shape index (κ1) is 14.6. The molecule has 2 rings (SSSR count). The first-order chi connectivity index (χ1) is 9.56. The maximum atomic E-state index is 12.2. The van der Waals surface area contributed by atoms with Crippen molar-refractivity contribution in [3.63, 3.8) is 0 Å². The van der Waals surface area contributed by atoms with Gasteiger partial charge in [-0.25, -0.2) is 0 Å². The van der Waals surface area contributed by atoms with Gasteiger partial charge in [-0.3, -0.25) is 9.59 Å². The van der Waals surface area contributed by atoms with Crippen LogP contribution in [-0.4, -0.2) is 24.4 Å². The number of rotatable bonds is 6.